The first-order valence-electron chi connectivity index (χ1n) is 15.1. The van der Waals surface area contributed by atoms with E-state index in [1.54, 1.807) is 11.3 Å². The highest BCUT2D eigenvalue weighted by molar-refractivity contribution is 7.09. The summed E-state index contributed by atoms with van der Waals surface area (Å²) in [5.74, 6) is -0.757. The zero-order chi connectivity index (χ0) is 29.3. The summed E-state index contributed by atoms with van der Waals surface area (Å²) < 4.78 is 6.22. The number of benzene rings is 1. The monoisotopic (exact) mass is 575 g/mol. The third-order valence-corrected chi connectivity index (χ3v) is 9.89. The van der Waals surface area contributed by atoms with Crippen LogP contribution in [0.1, 0.15) is 80.4 Å². The van der Waals surface area contributed by atoms with Crippen molar-refractivity contribution in [3.8, 4) is 5.75 Å². The van der Waals surface area contributed by atoms with E-state index in [-0.39, 0.29) is 29.8 Å². The van der Waals surface area contributed by atoms with E-state index < -0.39 is 13.0 Å². The first-order chi connectivity index (χ1) is 19.7. The lowest BCUT2D eigenvalue weighted by molar-refractivity contribution is -0.140. The fourth-order valence-electron chi connectivity index (χ4n) is 7.30. The van der Waals surface area contributed by atoms with Gasteiger partial charge in [0.05, 0.1) is 24.5 Å². The molecule has 0 bridgehead atoms. The largest absolute Gasteiger partial charge is 0.507 e. The molecule has 1 aliphatic carbocycles. The number of thiophene rings is 1. The van der Waals surface area contributed by atoms with Crippen LogP contribution in [-0.2, 0) is 20.8 Å². The highest BCUT2D eigenvalue weighted by Crippen LogP contribution is 2.51. The number of phenols is 1. The first-order valence-corrected chi connectivity index (χ1v) is 16.0. The summed E-state index contributed by atoms with van der Waals surface area (Å²) in [6, 6.07) is 7.95. The van der Waals surface area contributed by atoms with E-state index in [0.29, 0.717) is 25.0 Å². The third-order valence-electron chi connectivity index (χ3n) is 9.03. The van der Waals surface area contributed by atoms with Gasteiger partial charge in [-0.3, -0.25) is 14.5 Å². The van der Waals surface area contributed by atoms with Crippen LogP contribution in [-0.4, -0.2) is 40.1 Å². The van der Waals surface area contributed by atoms with Gasteiger partial charge in [0.1, 0.15) is 5.75 Å². The standard InChI is InChI=1S/C33H42BNO5S/c1-5-8-22(16-23-14-20(3)31(36)21(4)15-23)11-12-28-29-24(9-6-2)17-26-30(27(29)18-34(39)40-28)33(38)35(32(26)37)19-25-10-7-13-41-25/h7,10,13-16,26-28,30,36,39H,5-6,8-9,11-12,17-19H2,1-4H3/b22-16+/t26-,27+,28-,30-/m1/s1. The molecule has 4 atom stereocenters. The summed E-state index contributed by atoms with van der Waals surface area (Å²) in [4.78, 5) is 29.8. The maximum atomic E-state index is 13.8. The van der Waals surface area contributed by atoms with Gasteiger partial charge in [-0.25, -0.2) is 0 Å². The molecule has 0 unspecified atom stereocenters. The number of fused-ring (bicyclic) bond motifs is 3. The number of nitrogens with zero attached hydrogens (tertiary/aromatic N) is 1. The van der Waals surface area contributed by atoms with Crippen molar-refractivity contribution in [3.05, 3.63) is 67.9 Å². The Hall–Kier alpha value is -2.68. The van der Waals surface area contributed by atoms with Crippen LogP contribution >= 0.6 is 11.3 Å². The second kappa shape index (κ2) is 12.7. The smallest absolute Gasteiger partial charge is 0.455 e. The molecular formula is C33H42BNO5S. The van der Waals surface area contributed by atoms with Gasteiger partial charge in [-0.15, -0.1) is 11.3 Å². The van der Waals surface area contributed by atoms with Crippen molar-refractivity contribution in [3.63, 3.8) is 0 Å². The first kappa shape index (κ1) is 29.8. The molecule has 2 fully saturated rings. The summed E-state index contributed by atoms with van der Waals surface area (Å²) in [5.41, 5.74) is 6.53. The minimum Gasteiger partial charge on any atom is -0.507 e. The van der Waals surface area contributed by atoms with E-state index >= 15 is 0 Å². The third kappa shape index (κ3) is 6.11. The zero-order valence-corrected chi connectivity index (χ0v) is 25.5. The number of phenolic OH excluding ortho intramolecular Hbond substituents is 1. The van der Waals surface area contributed by atoms with Crippen molar-refractivity contribution in [2.75, 3.05) is 0 Å². The van der Waals surface area contributed by atoms with Crippen LogP contribution in [0.25, 0.3) is 6.08 Å². The molecule has 3 aliphatic rings. The molecule has 2 amide bonds. The molecule has 218 valence electrons. The predicted molar refractivity (Wildman–Crippen MR) is 164 cm³/mol. The van der Waals surface area contributed by atoms with Crippen molar-refractivity contribution in [1.82, 2.24) is 4.90 Å². The van der Waals surface area contributed by atoms with Gasteiger partial charge in [0.2, 0.25) is 11.8 Å². The lowest BCUT2D eigenvalue weighted by Crippen LogP contribution is -2.46. The van der Waals surface area contributed by atoms with Crippen LogP contribution in [0, 0.1) is 31.6 Å². The second-order valence-corrected chi connectivity index (χ2v) is 13.0. The van der Waals surface area contributed by atoms with Crippen molar-refractivity contribution in [2.45, 2.75) is 91.6 Å². The molecule has 2 aliphatic heterocycles. The molecule has 0 radical (unpaired) electrons. The predicted octanol–water partition coefficient (Wildman–Crippen LogP) is 6.83. The Bertz CT molecular complexity index is 1330. The Balaban J connectivity index is 1.41. The number of imide groups is 1. The van der Waals surface area contributed by atoms with Gasteiger partial charge in [0.25, 0.3) is 0 Å². The molecule has 1 aromatic heterocycles. The molecule has 2 aromatic rings. The summed E-state index contributed by atoms with van der Waals surface area (Å²) in [6.07, 6.45) is 8.24. The van der Waals surface area contributed by atoms with Gasteiger partial charge >= 0.3 is 7.12 Å². The van der Waals surface area contributed by atoms with E-state index in [0.717, 1.165) is 60.1 Å². The fraction of sp³-hybridized carbons (Fsp3) is 0.515. The summed E-state index contributed by atoms with van der Waals surface area (Å²) in [5, 5.41) is 23.1. The second-order valence-electron chi connectivity index (χ2n) is 12.0. The molecule has 2 saturated heterocycles. The number of rotatable bonds is 10. The number of aryl methyl sites for hydroxylation is 2. The van der Waals surface area contributed by atoms with Crippen LogP contribution in [0.3, 0.4) is 0 Å². The SMILES string of the molecule is CCCC1=C2[C@@H](CC/C(=C/c3cc(C)c(O)c(C)c3)CCC)OB(O)C[C@@H]2[C@@H]2C(=O)N(Cc3cccs3)C(=O)[C@@H]2C1. The molecule has 3 heterocycles. The number of allylic oxidation sites excluding steroid dienone is 2. The highest BCUT2D eigenvalue weighted by Gasteiger charge is 2.57. The Morgan fingerprint density at radius 1 is 1.12 bits per heavy atom. The Morgan fingerprint density at radius 2 is 1.88 bits per heavy atom. The van der Waals surface area contributed by atoms with Gasteiger partial charge in [-0.1, -0.05) is 50.0 Å². The molecular weight excluding hydrogens is 533 g/mol. The summed E-state index contributed by atoms with van der Waals surface area (Å²) in [6.45, 7) is 8.50. The Morgan fingerprint density at radius 3 is 2.54 bits per heavy atom. The number of hydrogen-bond donors (Lipinski definition) is 2. The molecule has 8 heteroatoms. The number of hydrogen-bond acceptors (Lipinski definition) is 6. The number of aromatic hydroxyl groups is 1. The van der Waals surface area contributed by atoms with Gasteiger partial charge in [0.15, 0.2) is 0 Å². The molecule has 41 heavy (non-hydrogen) atoms. The van der Waals surface area contributed by atoms with Gasteiger partial charge in [0, 0.05) is 4.88 Å². The van der Waals surface area contributed by atoms with Crippen LogP contribution < -0.4 is 0 Å². The van der Waals surface area contributed by atoms with Crippen LogP contribution in [0.4, 0.5) is 0 Å². The number of carbonyl (C=O) groups excluding carboxylic acids is 2. The molecule has 2 N–H and O–H groups in total. The van der Waals surface area contributed by atoms with E-state index in [4.69, 9.17) is 4.65 Å². The average molecular weight is 576 g/mol. The zero-order valence-electron chi connectivity index (χ0n) is 24.7. The normalized spacial score (nSPS) is 24.8. The van der Waals surface area contributed by atoms with Crippen molar-refractivity contribution in [1.29, 1.82) is 0 Å². The van der Waals surface area contributed by atoms with Crippen LogP contribution in [0.5, 0.6) is 5.75 Å². The van der Waals surface area contributed by atoms with Crippen LogP contribution in [0.15, 0.2) is 46.4 Å². The topological polar surface area (TPSA) is 87.1 Å². The van der Waals surface area contributed by atoms with E-state index in [1.165, 1.54) is 21.6 Å². The minimum atomic E-state index is -0.953. The summed E-state index contributed by atoms with van der Waals surface area (Å²) >= 11 is 1.56. The number of carbonyl (C=O) groups is 2. The Kier molecular flexibility index (Phi) is 9.22. The van der Waals surface area contributed by atoms with Gasteiger partial charge < -0.3 is 14.8 Å². The van der Waals surface area contributed by atoms with E-state index in [9.17, 15) is 19.7 Å². The lowest BCUT2D eigenvalue weighted by Gasteiger charge is -2.43. The molecule has 0 spiro atoms. The lowest BCUT2D eigenvalue weighted by atomic mass is 9.58. The van der Waals surface area contributed by atoms with E-state index in [2.05, 4.69) is 19.9 Å². The van der Waals surface area contributed by atoms with Crippen molar-refractivity contribution < 1.29 is 24.4 Å². The van der Waals surface area contributed by atoms with Gasteiger partial charge in [-0.05, 0) is 104 Å². The fourth-order valence-corrected chi connectivity index (χ4v) is 7.99. The van der Waals surface area contributed by atoms with Crippen LogP contribution in [0.2, 0.25) is 6.32 Å². The maximum absolute atomic E-state index is 13.8. The summed E-state index contributed by atoms with van der Waals surface area (Å²) in [7, 11) is -0.953. The minimum absolute atomic E-state index is 0.0637. The maximum Gasteiger partial charge on any atom is 0.455 e. The Labute approximate surface area is 248 Å². The number of amides is 2. The quantitative estimate of drug-likeness (QED) is 0.184. The molecule has 0 saturated carbocycles. The average Bonchev–Trinajstić information content (AvgIpc) is 3.53. The van der Waals surface area contributed by atoms with Crippen molar-refractivity contribution >= 4 is 36.3 Å². The highest BCUT2D eigenvalue weighted by atomic mass is 32.1. The molecule has 1 aromatic carbocycles. The molecule has 5 rings (SSSR count). The van der Waals surface area contributed by atoms with E-state index in [1.807, 2.05) is 43.5 Å². The van der Waals surface area contributed by atoms with Gasteiger partial charge in [-0.2, -0.15) is 0 Å². The molecule has 6 nitrogen and oxygen atoms in total. The van der Waals surface area contributed by atoms with Crippen molar-refractivity contribution in [2.24, 2.45) is 17.8 Å². The number of likely N-dealkylation sites (tertiary alicyclic amines) is 1.